The van der Waals surface area contributed by atoms with E-state index in [4.69, 9.17) is 0 Å². The molecule has 3 rings (SSSR count). The second-order valence-electron chi connectivity index (χ2n) is 8.17. The number of carbonyl (C=O) groups excluding carboxylic acids is 3. The summed E-state index contributed by atoms with van der Waals surface area (Å²) in [6, 6.07) is 14.9. The lowest BCUT2D eigenvalue weighted by Crippen LogP contribution is -2.41. The quantitative estimate of drug-likeness (QED) is 0.579. The van der Waals surface area contributed by atoms with Crippen LogP contribution in [0, 0.1) is 0 Å². The maximum Gasteiger partial charge on any atom is 0.313 e. The van der Waals surface area contributed by atoms with Crippen molar-refractivity contribution < 1.29 is 14.4 Å². The van der Waals surface area contributed by atoms with Gasteiger partial charge in [0, 0.05) is 44.6 Å². The predicted octanol–water partition coefficient (Wildman–Crippen LogP) is 2.60. The second kappa shape index (κ2) is 10.8. The molecule has 32 heavy (non-hydrogen) atoms. The molecule has 1 atom stereocenters. The van der Waals surface area contributed by atoms with Crippen molar-refractivity contribution in [2.45, 2.75) is 25.8 Å². The molecule has 0 radical (unpaired) electrons. The van der Waals surface area contributed by atoms with Gasteiger partial charge in [0.2, 0.25) is 5.91 Å². The molecule has 0 saturated carbocycles. The van der Waals surface area contributed by atoms with Gasteiger partial charge in [-0.25, -0.2) is 0 Å². The zero-order valence-electron chi connectivity index (χ0n) is 18.9. The van der Waals surface area contributed by atoms with Gasteiger partial charge in [-0.3, -0.25) is 19.3 Å². The maximum atomic E-state index is 12.4. The van der Waals surface area contributed by atoms with E-state index in [-0.39, 0.29) is 11.9 Å². The van der Waals surface area contributed by atoms with Gasteiger partial charge in [0.1, 0.15) is 0 Å². The van der Waals surface area contributed by atoms with E-state index in [1.807, 2.05) is 19.0 Å². The molecule has 3 N–H and O–H groups in total. The van der Waals surface area contributed by atoms with Crippen LogP contribution in [0.25, 0.3) is 0 Å². The summed E-state index contributed by atoms with van der Waals surface area (Å²) in [5, 5.41) is 8.04. The van der Waals surface area contributed by atoms with E-state index in [9.17, 15) is 14.4 Å². The van der Waals surface area contributed by atoms with Crippen molar-refractivity contribution in [1.82, 2.24) is 10.2 Å². The molecule has 1 heterocycles. The van der Waals surface area contributed by atoms with Crippen LogP contribution in [0.3, 0.4) is 0 Å². The van der Waals surface area contributed by atoms with Crippen LogP contribution in [0.5, 0.6) is 0 Å². The zero-order valence-corrected chi connectivity index (χ0v) is 18.9. The molecule has 3 amide bonds. The summed E-state index contributed by atoms with van der Waals surface area (Å²) in [4.78, 5) is 40.3. The number of anilines is 3. The van der Waals surface area contributed by atoms with Crippen molar-refractivity contribution in [3.63, 3.8) is 0 Å². The first kappa shape index (κ1) is 23.3. The number of nitrogens with zero attached hydrogens (tertiary/aromatic N) is 2. The molecule has 8 nitrogen and oxygen atoms in total. The minimum atomic E-state index is -0.722. The molecule has 2 aromatic carbocycles. The average molecular weight is 438 g/mol. The van der Waals surface area contributed by atoms with E-state index in [0.717, 1.165) is 37.2 Å². The summed E-state index contributed by atoms with van der Waals surface area (Å²) in [7, 11) is 4.00. The third kappa shape index (κ3) is 6.31. The van der Waals surface area contributed by atoms with Crippen molar-refractivity contribution in [1.29, 1.82) is 0 Å². The largest absolute Gasteiger partial charge is 0.378 e. The lowest BCUT2D eigenvalue weighted by Gasteiger charge is -2.28. The Kier molecular flexibility index (Phi) is 7.83. The summed E-state index contributed by atoms with van der Waals surface area (Å²) in [6.45, 7) is 3.73. The van der Waals surface area contributed by atoms with Crippen molar-refractivity contribution in [3.8, 4) is 0 Å². The average Bonchev–Trinajstić information content (AvgIpc) is 3.29. The van der Waals surface area contributed by atoms with Crippen LogP contribution in [0.2, 0.25) is 0 Å². The fourth-order valence-corrected chi connectivity index (χ4v) is 3.80. The van der Waals surface area contributed by atoms with Crippen LogP contribution in [0.1, 0.15) is 31.4 Å². The lowest BCUT2D eigenvalue weighted by atomic mass is 10.0. The smallest absolute Gasteiger partial charge is 0.313 e. The van der Waals surface area contributed by atoms with Crippen LogP contribution in [0.4, 0.5) is 17.1 Å². The van der Waals surface area contributed by atoms with Crippen LogP contribution < -0.4 is 20.9 Å². The summed E-state index contributed by atoms with van der Waals surface area (Å²) in [5.74, 6) is -1.57. The van der Waals surface area contributed by atoms with E-state index in [1.165, 1.54) is 6.92 Å². The normalized spacial score (nSPS) is 14.5. The molecule has 0 aliphatic carbocycles. The zero-order chi connectivity index (χ0) is 23.1. The highest BCUT2D eigenvalue weighted by Crippen LogP contribution is 2.26. The molecule has 2 aromatic rings. The lowest BCUT2D eigenvalue weighted by molar-refractivity contribution is -0.136. The van der Waals surface area contributed by atoms with Crippen molar-refractivity contribution in [2.75, 3.05) is 49.3 Å². The number of nitrogens with one attached hydrogen (secondary N) is 3. The molecule has 0 unspecified atom stereocenters. The van der Waals surface area contributed by atoms with Gasteiger partial charge in [0.05, 0.1) is 6.04 Å². The maximum absolute atomic E-state index is 12.4. The van der Waals surface area contributed by atoms with Gasteiger partial charge in [-0.1, -0.05) is 12.1 Å². The SMILES string of the molecule is CC(=O)Nc1ccc(NC(=O)C(=O)NC[C@@H](c2ccc(N(C)C)cc2)N2CCCC2)cc1. The number of amides is 3. The fourth-order valence-electron chi connectivity index (χ4n) is 3.80. The molecule has 8 heteroatoms. The summed E-state index contributed by atoms with van der Waals surface area (Å²) < 4.78 is 0. The van der Waals surface area contributed by atoms with E-state index < -0.39 is 11.8 Å². The highest BCUT2D eigenvalue weighted by atomic mass is 16.2. The predicted molar refractivity (Wildman–Crippen MR) is 127 cm³/mol. The number of hydrogen-bond acceptors (Lipinski definition) is 5. The first-order chi connectivity index (χ1) is 15.3. The molecule has 0 bridgehead atoms. The minimum absolute atomic E-state index is 0.0161. The monoisotopic (exact) mass is 437 g/mol. The first-order valence-electron chi connectivity index (χ1n) is 10.8. The Morgan fingerprint density at radius 3 is 1.97 bits per heavy atom. The molecular formula is C24H31N5O3. The first-order valence-corrected chi connectivity index (χ1v) is 10.8. The Morgan fingerprint density at radius 2 is 1.44 bits per heavy atom. The molecule has 1 fully saturated rings. The summed E-state index contributed by atoms with van der Waals surface area (Å²) >= 11 is 0. The van der Waals surface area contributed by atoms with Crippen LogP contribution >= 0.6 is 0 Å². The molecule has 1 saturated heterocycles. The molecule has 1 aliphatic rings. The highest BCUT2D eigenvalue weighted by molar-refractivity contribution is 6.39. The Labute approximate surface area is 189 Å². The van der Waals surface area contributed by atoms with E-state index in [1.54, 1.807) is 24.3 Å². The van der Waals surface area contributed by atoms with Crippen molar-refractivity contribution in [3.05, 3.63) is 54.1 Å². The number of carbonyl (C=O) groups is 3. The van der Waals surface area contributed by atoms with Gasteiger partial charge < -0.3 is 20.9 Å². The number of rotatable bonds is 7. The fraction of sp³-hybridized carbons (Fsp3) is 0.375. The highest BCUT2D eigenvalue weighted by Gasteiger charge is 2.25. The number of likely N-dealkylation sites (tertiary alicyclic amines) is 1. The molecular weight excluding hydrogens is 406 g/mol. The van der Waals surface area contributed by atoms with Gasteiger partial charge in [0.15, 0.2) is 0 Å². The van der Waals surface area contributed by atoms with Gasteiger partial charge in [-0.15, -0.1) is 0 Å². The van der Waals surface area contributed by atoms with E-state index in [2.05, 4.69) is 45.1 Å². The van der Waals surface area contributed by atoms with Crippen LogP contribution in [-0.2, 0) is 14.4 Å². The van der Waals surface area contributed by atoms with Crippen LogP contribution in [0.15, 0.2) is 48.5 Å². The van der Waals surface area contributed by atoms with E-state index in [0.29, 0.717) is 17.9 Å². The number of benzene rings is 2. The minimum Gasteiger partial charge on any atom is -0.378 e. The molecule has 170 valence electrons. The Hall–Kier alpha value is -3.39. The third-order valence-corrected chi connectivity index (χ3v) is 5.50. The second-order valence-corrected chi connectivity index (χ2v) is 8.17. The molecule has 0 spiro atoms. The summed E-state index contributed by atoms with van der Waals surface area (Å²) in [6.07, 6.45) is 2.27. The van der Waals surface area contributed by atoms with Crippen LogP contribution in [-0.4, -0.2) is 56.4 Å². The van der Waals surface area contributed by atoms with Gasteiger partial charge in [0.25, 0.3) is 0 Å². The van der Waals surface area contributed by atoms with Gasteiger partial charge in [-0.2, -0.15) is 0 Å². The molecule has 0 aromatic heterocycles. The van der Waals surface area contributed by atoms with Crippen molar-refractivity contribution >= 4 is 34.8 Å². The third-order valence-electron chi connectivity index (χ3n) is 5.50. The Morgan fingerprint density at radius 1 is 0.875 bits per heavy atom. The summed E-state index contributed by atoms with van der Waals surface area (Å²) in [5.41, 5.74) is 3.33. The Bertz CT molecular complexity index is 935. The number of hydrogen-bond donors (Lipinski definition) is 3. The standard InChI is InChI=1S/C24H31N5O3/c1-17(30)26-19-8-10-20(11-9-19)27-24(32)23(31)25-16-22(29-14-4-5-15-29)18-6-12-21(13-7-18)28(2)3/h6-13,22H,4-5,14-16H2,1-3H3,(H,25,31)(H,26,30)(H,27,32)/t22-/m0/s1. The van der Waals surface area contributed by atoms with Gasteiger partial charge >= 0.3 is 11.8 Å². The van der Waals surface area contributed by atoms with Gasteiger partial charge in [-0.05, 0) is 67.9 Å². The topological polar surface area (TPSA) is 93.8 Å². The molecule has 1 aliphatic heterocycles. The Balaban J connectivity index is 1.60. The van der Waals surface area contributed by atoms with E-state index >= 15 is 0 Å². The van der Waals surface area contributed by atoms with Crippen molar-refractivity contribution in [2.24, 2.45) is 0 Å².